The van der Waals surface area contributed by atoms with Gasteiger partial charge in [0.2, 0.25) is 0 Å². The first-order chi connectivity index (χ1) is 12.1. The maximum Gasteiger partial charge on any atom is 0.186 e. The SMILES string of the molecule is CCCCCCCCCCCCCO[C@H]1O[C@H](CO)[C@H](O)[C@H](O)[C@H]1O. The largest absolute Gasteiger partial charge is 0.394 e. The Morgan fingerprint density at radius 1 is 0.720 bits per heavy atom. The first-order valence-electron chi connectivity index (χ1n) is 10.0. The van der Waals surface area contributed by atoms with Crippen molar-refractivity contribution in [2.24, 2.45) is 0 Å². The molecule has 150 valence electrons. The molecule has 25 heavy (non-hydrogen) atoms. The highest BCUT2D eigenvalue weighted by Crippen LogP contribution is 2.22. The predicted molar refractivity (Wildman–Crippen MR) is 96.2 cm³/mol. The molecule has 1 saturated heterocycles. The summed E-state index contributed by atoms with van der Waals surface area (Å²) >= 11 is 0. The zero-order valence-electron chi connectivity index (χ0n) is 15.7. The minimum Gasteiger partial charge on any atom is -0.394 e. The van der Waals surface area contributed by atoms with Crippen molar-refractivity contribution < 1.29 is 29.9 Å². The Hall–Kier alpha value is -0.240. The topological polar surface area (TPSA) is 99.4 Å². The van der Waals surface area contributed by atoms with E-state index in [2.05, 4.69) is 6.92 Å². The summed E-state index contributed by atoms with van der Waals surface area (Å²) in [6.07, 6.45) is 7.79. The van der Waals surface area contributed by atoms with Crippen LogP contribution in [0.2, 0.25) is 0 Å². The zero-order valence-corrected chi connectivity index (χ0v) is 15.7. The quantitative estimate of drug-likeness (QED) is 0.353. The molecule has 0 aliphatic carbocycles. The van der Waals surface area contributed by atoms with E-state index in [-0.39, 0.29) is 0 Å². The fourth-order valence-corrected chi connectivity index (χ4v) is 3.17. The average Bonchev–Trinajstić information content (AvgIpc) is 2.62. The summed E-state index contributed by atoms with van der Waals surface area (Å²) in [4.78, 5) is 0. The molecule has 0 aromatic rings. The predicted octanol–water partition coefficient (Wildman–Crippen LogP) is 2.11. The maximum absolute atomic E-state index is 9.86. The highest BCUT2D eigenvalue weighted by atomic mass is 16.7. The molecule has 1 aliphatic heterocycles. The van der Waals surface area contributed by atoms with E-state index in [0.717, 1.165) is 12.8 Å². The van der Waals surface area contributed by atoms with E-state index >= 15 is 0 Å². The third-order valence-corrected chi connectivity index (χ3v) is 4.88. The van der Waals surface area contributed by atoms with Gasteiger partial charge in [0, 0.05) is 6.61 Å². The Bertz CT molecular complexity index is 312. The van der Waals surface area contributed by atoms with E-state index in [1.165, 1.54) is 57.8 Å². The smallest absolute Gasteiger partial charge is 0.186 e. The van der Waals surface area contributed by atoms with E-state index in [4.69, 9.17) is 14.6 Å². The normalized spacial score (nSPS) is 29.9. The molecule has 0 unspecified atom stereocenters. The molecule has 0 amide bonds. The highest BCUT2D eigenvalue weighted by Gasteiger charge is 2.43. The summed E-state index contributed by atoms with van der Waals surface area (Å²) in [5, 5.41) is 38.4. The number of aliphatic hydroxyl groups excluding tert-OH is 4. The third-order valence-electron chi connectivity index (χ3n) is 4.88. The van der Waals surface area contributed by atoms with E-state index < -0.39 is 37.3 Å². The highest BCUT2D eigenvalue weighted by molar-refractivity contribution is 4.88. The van der Waals surface area contributed by atoms with E-state index in [1.54, 1.807) is 0 Å². The summed E-state index contributed by atoms with van der Waals surface area (Å²) in [5.74, 6) is 0. The van der Waals surface area contributed by atoms with Gasteiger partial charge < -0.3 is 29.9 Å². The molecule has 0 bridgehead atoms. The van der Waals surface area contributed by atoms with Gasteiger partial charge in [-0.1, -0.05) is 71.1 Å². The fraction of sp³-hybridized carbons (Fsp3) is 1.00. The van der Waals surface area contributed by atoms with Crippen LogP contribution in [0.15, 0.2) is 0 Å². The number of ether oxygens (including phenoxy) is 2. The first-order valence-corrected chi connectivity index (χ1v) is 10.0. The van der Waals surface area contributed by atoms with Crippen molar-refractivity contribution in [3.63, 3.8) is 0 Å². The molecule has 1 heterocycles. The molecule has 0 aromatic carbocycles. The van der Waals surface area contributed by atoms with Gasteiger partial charge in [0.25, 0.3) is 0 Å². The molecule has 1 rings (SSSR count). The van der Waals surface area contributed by atoms with Crippen molar-refractivity contribution in [2.75, 3.05) is 13.2 Å². The molecule has 1 aliphatic rings. The van der Waals surface area contributed by atoms with Gasteiger partial charge in [0.05, 0.1) is 6.61 Å². The molecule has 0 spiro atoms. The molecule has 0 aromatic heterocycles. The lowest BCUT2D eigenvalue weighted by Crippen LogP contribution is -2.59. The van der Waals surface area contributed by atoms with Crippen LogP contribution in [0.5, 0.6) is 0 Å². The molecule has 0 saturated carbocycles. The van der Waals surface area contributed by atoms with Crippen LogP contribution in [0.3, 0.4) is 0 Å². The Morgan fingerprint density at radius 3 is 1.76 bits per heavy atom. The molecule has 1 fully saturated rings. The number of unbranched alkanes of at least 4 members (excludes halogenated alkanes) is 10. The Morgan fingerprint density at radius 2 is 1.24 bits per heavy atom. The summed E-state index contributed by atoms with van der Waals surface area (Å²) in [6.45, 7) is 2.24. The van der Waals surface area contributed by atoms with Crippen LogP contribution in [0.25, 0.3) is 0 Å². The third kappa shape index (κ3) is 8.80. The second-order valence-corrected chi connectivity index (χ2v) is 7.10. The van der Waals surface area contributed by atoms with Crippen LogP contribution in [0, 0.1) is 0 Å². The van der Waals surface area contributed by atoms with Gasteiger partial charge in [0.15, 0.2) is 6.29 Å². The van der Waals surface area contributed by atoms with Gasteiger partial charge in [-0.25, -0.2) is 0 Å². The lowest BCUT2D eigenvalue weighted by atomic mass is 9.99. The molecular formula is C19H38O6. The van der Waals surface area contributed by atoms with E-state index in [9.17, 15) is 15.3 Å². The van der Waals surface area contributed by atoms with Gasteiger partial charge in [-0.05, 0) is 6.42 Å². The van der Waals surface area contributed by atoms with Crippen molar-refractivity contribution in [1.82, 2.24) is 0 Å². The van der Waals surface area contributed by atoms with Gasteiger partial charge in [-0.2, -0.15) is 0 Å². The second-order valence-electron chi connectivity index (χ2n) is 7.10. The Labute approximate surface area is 152 Å². The lowest BCUT2D eigenvalue weighted by Gasteiger charge is -2.39. The van der Waals surface area contributed by atoms with Gasteiger partial charge >= 0.3 is 0 Å². The fourth-order valence-electron chi connectivity index (χ4n) is 3.17. The standard InChI is InChI=1S/C19H38O6/c1-2-3-4-5-6-7-8-9-10-11-12-13-24-19-18(23)17(22)16(21)15(14-20)25-19/h15-23H,2-14H2,1H3/t15-,16+,17+,18-,19+/m1/s1. The molecule has 6 nitrogen and oxygen atoms in total. The van der Waals surface area contributed by atoms with Gasteiger partial charge in [-0.15, -0.1) is 0 Å². The van der Waals surface area contributed by atoms with Crippen LogP contribution in [0.1, 0.15) is 77.6 Å². The van der Waals surface area contributed by atoms with Crippen LogP contribution >= 0.6 is 0 Å². The molecule has 5 atom stereocenters. The first kappa shape index (κ1) is 22.8. The second kappa shape index (κ2) is 13.9. The summed E-state index contributed by atoms with van der Waals surface area (Å²) in [6, 6.07) is 0. The minimum absolute atomic E-state index is 0.427. The summed E-state index contributed by atoms with van der Waals surface area (Å²) in [5.41, 5.74) is 0. The number of aliphatic hydroxyl groups is 4. The number of hydrogen-bond acceptors (Lipinski definition) is 6. The minimum atomic E-state index is -1.37. The van der Waals surface area contributed by atoms with Crippen LogP contribution in [-0.2, 0) is 9.47 Å². The number of rotatable bonds is 14. The average molecular weight is 363 g/mol. The monoisotopic (exact) mass is 362 g/mol. The Balaban J connectivity index is 1.99. The number of hydrogen-bond donors (Lipinski definition) is 4. The van der Waals surface area contributed by atoms with Crippen molar-refractivity contribution in [3.8, 4) is 0 Å². The van der Waals surface area contributed by atoms with E-state index in [0.29, 0.717) is 6.61 Å². The van der Waals surface area contributed by atoms with Crippen molar-refractivity contribution in [2.45, 2.75) is 108 Å². The van der Waals surface area contributed by atoms with Gasteiger partial charge in [0.1, 0.15) is 24.4 Å². The molecular weight excluding hydrogens is 324 g/mol. The lowest BCUT2D eigenvalue weighted by molar-refractivity contribution is -0.301. The van der Waals surface area contributed by atoms with Crippen LogP contribution in [0.4, 0.5) is 0 Å². The molecule has 0 radical (unpaired) electrons. The van der Waals surface area contributed by atoms with Crippen LogP contribution in [-0.4, -0.2) is 64.3 Å². The summed E-state index contributed by atoms with van der Waals surface area (Å²) in [7, 11) is 0. The van der Waals surface area contributed by atoms with Gasteiger partial charge in [-0.3, -0.25) is 0 Å². The van der Waals surface area contributed by atoms with Crippen molar-refractivity contribution in [3.05, 3.63) is 0 Å². The summed E-state index contributed by atoms with van der Waals surface area (Å²) < 4.78 is 10.8. The van der Waals surface area contributed by atoms with E-state index in [1.807, 2.05) is 0 Å². The van der Waals surface area contributed by atoms with Crippen LogP contribution < -0.4 is 0 Å². The van der Waals surface area contributed by atoms with Crippen molar-refractivity contribution >= 4 is 0 Å². The zero-order chi connectivity index (χ0) is 18.5. The maximum atomic E-state index is 9.86. The van der Waals surface area contributed by atoms with Crippen molar-refractivity contribution in [1.29, 1.82) is 0 Å². The Kier molecular flexibility index (Phi) is 12.7. The molecule has 6 heteroatoms. The molecule has 4 N–H and O–H groups in total.